The third-order valence-corrected chi connectivity index (χ3v) is 3.36. The third-order valence-electron chi connectivity index (χ3n) is 3.36. The second-order valence-corrected chi connectivity index (χ2v) is 4.62. The summed E-state index contributed by atoms with van der Waals surface area (Å²) < 4.78 is 10.3. The van der Waals surface area contributed by atoms with Gasteiger partial charge in [-0.05, 0) is 30.2 Å². The smallest absolute Gasteiger partial charge is 0.343 e. The monoisotopic (exact) mass is 281 g/mol. The Kier molecular flexibility index (Phi) is 3.44. The molecule has 0 bridgehead atoms. The van der Waals surface area contributed by atoms with Crippen molar-refractivity contribution < 1.29 is 14.3 Å². The molecule has 1 aromatic heterocycles. The maximum Gasteiger partial charge on any atom is 0.343 e. The largest absolute Gasteiger partial charge is 0.480 e. The average molecular weight is 281 g/mol. The minimum absolute atomic E-state index is 0.292. The molecule has 106 valence electrons. The molecule has 0 saturated heterocycles. The average Bonchev–Trinajstić information content (AvgIpc) is 2.67. The Morgan fingerprint density at radius 3 is 2.76 bits per heavy atom. The molecule has 0 N–H and O–H groups in total. The summed E-state index contributed by atoms with van der Waals surface area (Å²) in [5, 5.41) is 0.921. The van der Waals surface area contributed by atoms with E-state index in [0.717, 1.165) is 22.0 Å². The summed E-state index contributed by atoms with van der Waals surface area (Å²) in [5.41, 5.74) is 3.29. The Morgan fingerprint density at radius 1 is 1.19 bits per heavy atom. The number of hydrogen-bond acceptors (Lipinski definition) is 4. The van der Waals surface area contributed by atoms with Crippen LogP contribution in [0.25, 0.3) is 22.0 Å². The topological polar surface area (TPSA) is 48.4 Å². The van der Waals surface area contributed by atoms with Gasteiger partial charge in [-0.15, -0.1) is 0 Å². The molecule has 4 nitrogen and oxygen atoms in total. The van der Waals surface area contributed by atoms with Crippen LogP contribution in [0, 0.1) is 0 Å². The molecule has 2 aliphatic carbocycles. The molecule has 21 heavy (non-hydrogen) atoms. The number of methoxy groups -OCH3 is 1. The fraction of sp³-hybridized carbons (Fsp3) is 0.176. The Balaban J connectivity index is 2.27. The van der Waals surface area contributed by atoms with E-state index in [1.807, 2.05) is 36.4 Å². The zero-order chi connectivity index (χ0) is 14.8. The highest BCUT2D eigenvalue weighted by Gasteiger charge is 2.19. The summed E-state index contributed by atoms with van der Waals surface area (Å²) in [6, 6.07) is 13.7. The number of esters is 1. The number of aromatic nitrogens is 1. The molecule has 0 saturated carbocycles. The molecule has 2 aliphatic rings. The van der Waals surface area contributed by atoms with Gasteiger partial charge >= 0.3 is 5.97 Å². The quantitative estimate of drug-likeness (QED) is 0.689. The van der Waals surface area contributed by atoms with Crippen molar-refractivity contribution in [2.24, 2.45) is 0 Å². The number of ether oxygens (including phenoxy) is 2. The van der Waals surface area contributed by atoms with Crippen molar-refractivity contribution >= 4 is 16.9 Å². The van der Waals surface area contributed by atoms with Gasteiger partial charge in [0.1, 0.15) is 5.56 Å². The normalized spacial score (nSPS) is 10.8. The molecule has 0 fully saturated rings. The molecule has 0 amide bonds. The van der Waals surface area contributed by atoms with Crippen LogP contribution in [0.5, 0.6) is 5.88 Å². The zero-order valence-corrected chi connectivity index (χ0v) is 11.9. The maximum atomic E-state index is 12.0. The van der Waals surface area contributed by atoms with Crippen LogP contribution in [0.15, 0.2) is 42.5 Å². The number of carbonyl (C=O) groups excluding carboxylic acids is 1. The molecule has 0 aliphatic heterocycles. The fourth-order valence-corrected chi connectivity index (χ4v) is 2.43. The highest BCUT2D eigenvalue weighted by Crippen LogP contribution is 2.35. The van der Waals surface area contributed by atoms with Gasteiger partial charge in [-0.2, -0.15) is 0 Å². The van der Waals surface area contributed by atoms with Gasteiger partial charge in [0.15, 0.2) is 0 Å². The molecule has 4 heteroatoms. The second-order valence-electron chi connectivity index (χ2n) is 4.62. The van der Waals surface area contributed by atoms with Gasteiger partial charge in [0.25, 0.3) is 0 Å². The summed E-state index contributed by atoms with van der Waals surface area (Å²) in [6.45, 7) is 2.09. The van der Waals surface area contributed by atoms with Gasteiger partial charge in [0.05, 0.1) is 19.2 Å². The third kappa shape index (κ3) is 2.29. The lowest BCUT2D eigenvalue weighted by Crippen LogP contribution is -2.07. The second kappa shape index (κ2) is 5.40. The maximum absolute atomic E-state index is 12.0. The molecule has 0 spiro atoms. The molecule has 0 atom stereocenters. The molecular formula is C17H15NO3. The first-order valence-electron chi connectivity index (χ1n) is 6.78. The molecule has 3 rings (SSSR count). The summed E-state index contributed by atoms with van der Waals surface area (Å²) >= 11 is 0. The van der Waals surface area contributed by atoms with Crippen molar-refractivity contribution in [3.05, 3.63) is 48.0 Å². The van der Waals surface area contributed by atoms with E-state index in [9.17, 15) is 4.79 Å². The summed E-state index contributed by atoms with van der Waals surface area (Å²) in [6.07, 6.45) is 0. The SMILES string of the molecule is CCOC(=O)c1cc2c3cccccc-3cc2nc1OC. The predicted molar refractivity (Wildman–Crippen MR) is 80.9 cm³/mol. The Bertz CT molecular complexity index is 782. The van der Waals surface area contributed by atoms with Crippen molar-refractivity contribution in [1.82, 2.24) is 4.98 Å². The minimum atomic E-state index is -0.418. The number of nitrogens with zero attached hydrogens (tertiary/aromatic N) is 1. The van der Waals surface area contributed by atoms with Gasteiger partial charge in [-0.3, -0.25) is 0 Å². The highest BCUT2D eigenvalue weighted by atomic mass is 16.5. The Hall–Kier alpha value is -2.62. The van der Waals surface area contributed by atoms with E-state index < -0.39 is 5.97 Å². The van der Waals surface area contributed by atoms with Gasteiger partial charge in [0.2, 0.25) is 5.88 Å². The summed E-state index contributed by atoms with van der Waals surface area (Å²) in [5.74, 6) is -0.126. The van der Waals surface area contributed by atoms with Crippen molar-refractivity contribution in [2.45, 2.75) is 6.92 Å². The lowest BCUT2D eigenvalue weighted by molar-refractivity contribution is 0.0522. The minimum Gasteiger partial charge on any atom is -0.480 e. The molecule has 0 unspecified atom stereocenters. The summed E-state index contributed by atoms with van der Waals surface area (Å²) in [4.78, 5) is 16.5. The molecule has 1 heterocycles. The number of rotatable bonds is 3. The first-order valence-corrected chi connectivity index (χ1v) is 6.78. The van der Waals surface area contributed by atoms with E-state index >= 15 is 0 Å². The fourth-order valence-electron chi connectivity index (χ4n) is 2.43. The van der Waals surface area contributed by atoms with Crippen LogP contribution >= 0.6 is 0 Å². The van der Waals surface area contributed by atoms with Gasteiger partial charge in [0, 0.05) is 5.39 Å². The van der Waals surface area contributed by atoms with E-state index in [4.69, 9.17) is 9.47 Å². The lowest BCUT2D eigenvalue weighted by Gasteiger charge is -2.07. The van der Waals surface area contributed by atoms with Crippen molar-refractivity contribution in [3.8, 4) is 17.0 Å². The molecular weight excluding hydrogens is 266 g/mol. The van der Waals surface area contributed by atoms with E-state index in [2.05, 4.69) is 4.98 Å². The molecule has 0 radical (unpaired) electrons. The van der Waals surface area contributed by atoms with E-state index in [-0.39, 0.29) is 0 Å². The standard InChI is InChI=1S/C17H15NO3/c1-3-21-17(19)14-10-13-12-8-6-4-5-7-11(12)9-15(13)18-16(14)20-2/h4-10H,3H2,1-2H3. The van der Waals surface area contributed by atoms with Gasteiger partial charge < -0.3 is 9.47 Å². The van der Waals surface area contributed by atoms with Crippen LogP contribution in [0.4, 0.5) is 0 Å². The number of carbonyl (C=O) groups is 1. The van der Waals surface area contributed by atoms with Crippen molar-refractivity contribution in [1.29, 1.82) is 0 Å². The molecule has 1 aromatic rings. The van der Waals surface area contributed by atoms with Crippen LogP contribution in [-0.2, 0) is 4.74 Å². The van der Waals surface area contributed by atoms with Crippen molar-refractivity contribution in [2.75, 3.05) is 13.7 Å². The lowest BCUT2D eigenvalue weighted by atomic mass is 10.1. The van der Waals surface area contributed by atoms with Crippen LogP contribution in [0.1, 0.15) is 17.3 Å². The predicted octanol–water partition coefficient (Wildman–Crippen LogP) is 3.52. The van der Waals surface area contributed by atoms with Crippen LogP contribution in [0.3, 0.4) is 0 Å². The first-order chi connectivity index (χ1) is 10.2. The van der Waals surface area contributed by atoms with E-state index in [0.29, 0.717) is 18.1 Å². The van der Waals surface area contributed by atoms with Crippen LogP contribution in [-0.4, -0.2) is 24.7 Å². The molecule has 0 aromatic carbocycles. The summed E-state index contributed by atoms with van der Waals surface area (Å²) in [7, 11) is 1.50. The van der Waals surface area contributed by atoms with Gasteiger partial charge in [-0.1, -0.05) is 30.3 Å². The Labute approximate surface area is 122 Å². The van der Waals surface area contributed by atoms with Gasteiger partial charge in [-0.25, -0.2) is 9.78 Å². The first kappa shape index (κ1) is 13.4. The van der Waals surface area contributed by atoms with E-state index in [1.54, 1.807) is 13.0 Å². The highest BCUT2D eigenvalue weighted by molar-refractivity contribution is 6.04. The van der Waals surface area contributed by atoms with Crippen LogP contribution in [0.2, 0.25) is 0 Å². The number of fused-ring (bicyclic) bond motifs is 3. The zero-order valence-electron chi connectivity index (χ0n) is 11.9. The number of pyridine rings is 1. The Morgan fingerprint density at radius 2 is 2.00 bits per heavy atom. The van der Waals surface area contributed by atoms with Crippen LogP contribution < -0.4 is 4.74 Å². The number of hydrogen-bond donors (Lipinski definition) is 0. The van der Waals surface area contributed by atoms with E-state index in [1.165, 1.54) is 7.11 Å². The van der Waals surface area contributed by atoms with Crippen molar-refractivity contribution in [3.63, 3.8) is 0 Å².